The van der Waals surface area contributed by atoms with E-state index in [0.29, 0.717) is 42.7 Å². The Balaban J connectivity index is 1.65. The summed E-state index contributed by atoms with van der Waals surface area (Å²) in [7, 11) is 0. The van der Waals surface area contributed by atoms with Crippen molar-refractivity contribution in [1.29, 1.82) is 0 Å². The molecule has 1 amide bonds. The number of Topliss-reactive ketones (excluding diaryl/α,β-unsaturated/α-hetero) is 1. The van der Waals surface area contributed by atoms with Crippen LogP contribution in [0.5, 0.6) is 5.75 Å². The third-order valence-electron chi connectivity index (χ3n) is 6.12. The zero-order valence-electron chi connectivity index (χ0n) is 19.9. The molecule has 0 unspecified atom stereocenters. The number of aryl methyl sites for hydroxylation is 2. The van der Waals surface area contributed by atoms with E-state index in [1.807, 2.05) is 38.1 Å². The molecule has 0 bridgehead atoms. The summed E-state index contributed by atoms with van der Waals surface area (Å²) in [4.78, 5) is 35.6. The number of carbonyl (C=O) groups is 2. The second kappa shape index (κ2) is 10.7. The fourth-order valence-corrected chi connectivity index (χ4v) is 5.43. The molecule has 1 atom stereocenters. The largest absolute Gasteiger partial charge is 0.503 e. The van der Waals surface area contributed by atoms with Crippen LogP contribution < -0.4 is 4.74 Å². The van der Waals surface area contributed by atoms with Crippen LogP contribution in [0.1, 0.15) is 45.3 Å². The minimum Gasteiger partial charge on any atom is -0.503 e. The molecule has 1 fully saturated rings. The normalized spacial score (nSPS) is 19.2. The molecule has 34 heavy (non-hydrogen) atoms. The van der Waals surface area contributed by atoms with Crippen LogP contribution in [0, 0.1) is 13.8 Å². The number of amides is 1. The van der Waals surface area contributed by atoms with Crippen molar-refractivity contribution in [1.82, 2.24) is 14.8 Å². The minimum atomic E-state index is -0.688. The van der Waals surface area contributed by atoms with E-state index in [-0.39, 0.29) is 11.4 Å². The molecule has 3 heterocycles. The Morgan fingerprint density at radius 3 is 2.71 bits per heavy atom. The van der Waals surface area contributed by atoms with Gasteiger partial charge in [-0.25, -0.2) is 4.98 Å². The molecular weight excluding hydrogens is 454 g/mol. The van der Waals surface area contributed by atoms with Gasteiger partial charge in [0.25, 0.3) is 5.91 Å². The molecule has 1 saturated heterocycles. The van der Waals surface area contributed by atoms with Gasteiger partial charge in [-0.1, -0.05) is 12.1 Å². The van der Waals surface area contributed by atoms with Crippen LogP contribution in [-0.4, -0.2) is 77.6 Å². The number of rotatable bonds is 9. The minimum absolute atomic E-state index is 0.108. The van der Waals surface area contributed by atoms with Gasteiger partial charge < -0.3 is 19.5 Å². The molecule has 8 nitrogen and oxygen atoms in total. The summed E-state index contributed by atoms with van der Waals surface area (Å²) in [6, 6.07) is 6.70. The molecule has 0 saturated carbocycles. The Labute approximate surface area is 203 Å². The van der Waals surface area contributed by atoms with Crippen LogP contribution >= 0.6 is 11.3 Å². The predicted octanol–water partition coefficient (Wildman–Crippen LogP) is 3.46. The van der Waals surface area contributed by atoms with Crippen LogP contribution in [-0.2, 0) is 9.53 Å². The number of carbonyl (C=O) groups excluding carboxylic acids is 2. The molecule has 4 rings (SSSR count). The van der Waals surface area contributed by atoms with E-state index in [0.717, 1.165) is 36.6 Å². The zero-order chi connectivity index (χ0) is 24.2. The van der Waals surface area contributed by atoms with Crippen molar-refractivity contribution in [2.75, 3.05) is 46.0 Å². The first-order chi connectivity index (χ1) is 16.4. The van der Waals surface area contributed by atoms with Crippen LogP contribution in [0.15, 0.2) is 35.6 Å². The highest BCUT2D eigenvalue weighted by Crippen LogP contribution is 2.41. The smallest absolute Gasteiger partial charge is 0.290 e. The molecule has 0 radical (unpaired) electrons. The van der Waals surface area contributed by atoms with Gasteiger partial charge in [0, 0.05) is 26.2 Å². The molecule has 1 aromatic carbocycles. The third-order valence-corrected chi connectivity index (χ3v) is 7.19. The first-order valence-electron chi connectivity index (χ1n) is 11.7. The van der Waals surface area contributed by atoms with Crippen molar-refractivity contribution in [3.8, 4) is 5.75 Å². The number of hydrogen-bond acceptors (Lipinski definition) is 8. The molecule has 2 aliphatic rings. The average molecular weight is 486 g/mol. The summed E-state index contributed by atoms with van der Waals surface area (Å²) in [5.74, 6) is -0.690. The Bertz CT molecular complexity index is 1090. The summed E-state index contributed by atoms with van der Waals surface area (Å²) in [6.07, 6.45) is 0.723. The molecule has 2 aliphatic heterocycles. The molecule has 0 aliphatic carbocycles. The van der Waals surface area contributed by atoms with Crippen LogP contribution in [0.25, 0.3) is 0 Å². The SMILES string of the molecule is CCOc1cccc([C@@H]2C(C(=O)c3sc(C)nc3C)=C(O)C(=O)N2CCCN2CCOCC2)c1. The van der Waals surface area contributed by atoms with E-state index in [4.69, 9.17) is 9.47 Å². The number of hydrogen-bond donors (Lipinski definition) is 1. The standard InChI is InChI=1S/C25H31N3O5S/c1-4-33-19-8-5-7-18(15-19)21-20(22(29)24-16(2)26-17(3)34-24)23(30)25(31)28(21)10-6-9-27-11-13-32-14-12-27/h5,7-8,15,21,30H,4,6,9-14H2,1-3H3/t21-/m1/s1. The number of ether oxygens (including phenoxy) is 2. The highest BCUT2D eigenvalue weighted by Gasteiger charge is 2.44. The number of benzene rings is 1. The van der Waals surface area contributed by atoms with Crippen molar-refractivity contribution >= 4 is 23.0 Å². The predicted molar refractivity (Wildman–Crippen MR) is 130 cm³/mol. The maximum atomic E-state index is 13.6. The summed E-state index contributed by atoms with van der Waals surface area (Å²) >= 11 is 1.28. The van der Waals surface area contributed by atoms with Gasteiger partial charge in [-0.15, -0.1) is 11.3 Å². The molecule has 182 valence electrons. The lowest BCUT2D eigenvalue weighted by Crippen LogP contribution is -2.39. The van der Waals surface area contributed by atoms with E-state index in [2.05, 4.69) is 9.88 Å². The van der Waals surface area contributed by atoms with E-state index >= 15 is 0 Å². The first-order valence-corrected chi connectivity index (χ1v) is 12.5. The number of aromatic nitrogens is 1. The molecule has 1 aromatic heterocycles. The summed E-state index contributed by atoms with van der Waals surface area (Å²) in [6.45, 7) is 10.4. The van der Waals surface area contributed by atoms with Crippen molar-refractivity contribution in [3.05, 3.63) is 56.7 Å². The Kier molecular flexibility index (Phi) is 7.65. The molecule has 9 heteroatoms. The highest BCUT2D eigenvalue weighted by atomic mass is 32.1. The lowest BCUT2D eigenvalue weighted by Gasteiger charge is -2.30. The van der Waals surface area contributed by atoms with Gasteiger partial charge in [0.1, 0.15) is 5.75 Å². The quantitative estimate of drug-likeness (QED) is 0.544. The summed E-state index contributed by atoms with van der Waals surface area (Å²) in [5, 5.41) is 11.7. The lowest BCUT2D eigenvalue weighted by molar-refractivity contribution is -0.129. The lowest BCUT2D eigenvalue weighted by atomic mass is 9.95. The maximum Gasteiger partial charge on any atom is 0.290 e. The Morgan fingerprint density at radius 2 is 2.03 bits per heavy atom. The zero-order valence-corrected chi connectivity index (χ0v) is 20.7. The summed E-state index contributed by atoms with van der Waals surface area (Å²) in [5.41, 5.74) is 1.45. The van der Waals surface area contributed by atoms with Crippen molar-refractivity contribution in [2.45, 2.75) is 33.2 Å². The molecular formula is C25H31N3O5S. The number of aliphatic hydroxyl groups excluding tert-OH is 1. The number of morpholine rings is 1. The van der Waals surface area contributed by atoms with Crippen LogP contribution in [0.2, 0.25) is 0 Å². The van der Waals surface area contributed by atoms with Gasteiger partial charge in [0.2, 0.25) is 5.78 Å². The molecule has 1 N–H and O–H groups in total. The van der Waals surface area contributed by atoms with Crippen molar-refractivity contribution in [3.63, 3.8) is 0 Å². The number of thiazole rings is 1. The highest BCUT2D eigenvalue weighted by molar-refractivity contribution is 7.14. The number of nitrogens with zero attached hydrogens (tertiary/aromatic N) is 3. The van der Waals surface area contributed by atoms with Gasteiger partial charge in [0.15, 0.2) is 5.76 Å². The van der Waals surface area contributed by atoms with Gasteiger partial charge in [-0.05, 0) is 44.9 Å². The number of aliphatic hydroxyl groups is 1. The fraction of sp³-hybridized carbons (Fsp3) is 0.480. The Hall–Kier alpha value is -2.75. The van der Waals surface area contributed by atoms with Gasteiger partial charge in [0.05, 0.1) is 47.0 Å². The van der Waals surface area contributed by atoms with Gasteiger partial charge in [-0.3, -0.25) is 14.5 Å². The Morgan fingerprint density at radius 1 is 1.26 bits per heavy atom. The van der Waals surface area contributed by atoms with Crippen molar-refractivity contribution < 1.29 is 24.2 Å². The van der Waals surface area contributed by atoms with E-state index in [1.165, 1.54) is 11.3 Å². The maximum absolute atomic E-state index is 13.6. The van der Waals surface area contributed by atoms with Crippen molar-refractivity contribution in [2.24, 2.45) is 0 Å². The topological polar surface area (TPSA) is 92.2 Å². The van der Waals surface area contributed by atoms with E-state index in [9.17, 15) is 14.7 Å². The van der Waals surface area contributed by atoms with E-state index < -0.39 is 17.7 Å². The molecule has 0 spiro atoms. The second-order valence-corrected chi connectivity index (χ2v) is 9.66. The monoisotopic (exact) mass is 485 g/mol. The summed E-state index contributed by atoms with van der Waals surface area (Å²) < 4.78 is 11.1. The fourth-order valence-electron chi connectivity index (χ4n) is 4.56. The van der Waals surface area contributed by atoms with Gasteiger partial charge in [-0.2, -0.15) is 0 Å². The van der Waals surface area contributed by atoms with Gasteiger partial charge >= 0.3 is 0 Å². The third kappa shape index (κ3) is 5.01. The molecule has 2 aromatic rings. The van der Waals surface area contributed by atoms with E-state index in [1.54, 1.807) is 11.8 Å². The van der Waals surface area contributed by atoms with Crippen LogP contribution in [0.4, 0.5) is 0 Å². The van der Waals surface area contributed by atoms with Crippen LogP contribution in [0.3, 0.4) is 0 Å². The average Bonchev–Trinajstić information content (AvgIpc) is 3.30. The first kappa shape index (κ1) is 24.4. The second-order valence-electron chi connectivity index (χ2n) is 8.45. The number of ketones is 1.